The Kier molecular flexibility index (Phi) is 10.4. The van der Waals surface area contributed by atoms with Gasteiger partial charge in [-0.05, 0) is 87.9 Å². The largest absolute Gasteiger partial charge is 0.426 e. The van der Waals surface area contributed by atoms with Crippen molar-refractivity contribution in [2.45, 2.75) is 109 Å². The molecule has 3 aliphatic carbocycles. The fourth-order valence-corrected chi connectivity index (χ4v) is 6.92. The van der Waals surface area contributed by atoms with Crippen LogP contribution in [-0.2, 0) is 9.53 Å². The summed E-state index contributed by atoms with van der Waals surface area (Å²) in [6.07, 6.45) is 18.3. The first kappa shape index (κ1) is 28.0. The lowest BCUT2D eigenvalue weighted by Gasteiger charge is -2.38. The summed E-state index contributed by atoms with van der Waals surface area (Å²) in [6, 6.07) is 3.25. The van der Waals surface area contributed by atoms with Crippen molar-refractivity contribution in [1.82, 2.24) is 0 Å². The second-order valence-corrected chi connectivity index (χ2v) is 11.8. The summed E-state index contributed by atoms with van der Waals surface area (Å²) in [5, 5.41) is 8.77. The molecule has 0 spiro atoms. The topological polar surface area (TPSA) is 59.3 Å². The molecule has 0 bridgehead atoms. The van der Waals surface area contributed by atoms with Crippen LogP contribution in [-0.4, -0.2) is 18.7 Å². The van der Waals surface area contributed by atoms with E-state index in [0.29, 0.717) is 18.8 Å². The van der Waals surface area contributed by atoms with Crippen molar-refractivity contribution in [3.8, 4) is 11.8 Å². The highest BCUT2D eigenvalue weighted by Gasteiger charge is 2.32. The van der Waals surface area contributed by atoms with Gasteiger partial charge in [-0.3, -0.25) is 4.79 Å². The van der Waals surface area contributed by atoms with Gasteiger partial charge in [-0.25, -0.2) is 8.78 Å². The maximum atomic E-state index is 13.8. The molecule has 0 amide bonds. The van der Waals surface area contributed by atoms with E-state index in [1.807, 2.05) is 0 Å². The molecule has 0 atom stereocenters. The van der Waals surface area contributed by atoms with Crippen LogP contribution in [0.1, 0.15) is 109 Å². The fraction of sp³-hybridized carbons (Fsp3) is 0.742. The number of ether oxygens (including phenoxy) is 2. The Bertz CT molecular complexity index is 898. The second-order valence-electron chi connectivity index (χ2n) is 11.8. The summed E-state index contributed by atoms with van der Waals surface area (Å²) < 4.78 is 39.1. The average molecular weight is 516 g/mol. The molecule has 37 heavy (non-hydrogen) atoms. The molecule has 0 heterocycles. The number of carbonyl (C=O) groups is 1. The Morgan fingerprint density at radius 3 is 2.00 bits per heavy atom. The molecule has 1 aromatic rings. The number of nitriles is 1. The third-order valence-electron chi connectivity index (χ3n) is 9.34. The molecule has 0 aromatic heterocycles. The molecule has 0 unspecified atom stereocenters. The van der Waals surface area contributed by atoms with Crippen molar-refractivity contribution < 1.29 is 23.0 Å². The van der Waals surface area contributed by atoms with Gasteiger partial charge < -0.3 is 9.47 Å². The molecule has 3 saturated carbocycles. The van der Waals surface area contributed by atoms with Crippen molar-refractivity contribution in [2.75, 3.05) is 6.61 Å². The minimum Gasteiger partial charge on any atom is -0.426 e. The number of carbonyl (C=O) groups excluding carboxylic acids is 1. The minimum absolute atomic E-state index is 0.171. The second kappa shape index (κ2) is 13.7. The minimum atomic E-state index is -1.02. The van der Waals surface area contributed by atoms with Crippen molar-refractivity contribution >= 4 is 5.97 Å². The lowest BCUT2D eigenvalue weighted by atomic mass is 9.69. The molecule has 0 saturated heterocycles. The number of esters is 1. The van der Waals surface area contributed by atoms with Gasteiger partial charge in [0, 0.05) is 18.7 Å². The van der Waals surface area contributed by atoms with E-state index in [1.54, 1.807) is 0 Å². The lowest BCUT2D eigenvalue weighted by molar-refractivity contribution is -0.141. The number of unbranched alkanes of at least 4 members (excludes halogenated alkanes) is 1. The average Bonchev–Trinajstić information content (AvgIpc) is 2.91. The molecule has 4 nitrogen and oxygen atoms in total. The van der Waals surface area contributed by atoms with Gasteiger partial charge in [0.1, 0.15) is 29.0 Å². The highest BCUT2D eigenvalue weighted by molar-refractivity contribution is 5.75. The van der Waals surface area contributed by atoms with E-state index in [0.717, 1.165) is 49.3 Å². The number of halogens is 2. The van der Waals surface area contributed by atoms with Crippen LogP contribution in [0.15, 0.2) is 12.1 Å². The summed E-state index contributed by atoms with van der Waals surface area (Å²) in [5.41, 5.74) is -0.670. The van der Waals surface area contributed by atoms with E-state index in [-0.39, 0.29) is 17.8 Å². The van der Waals surface area contributed by atoms with Gasteiger partial charge in [0.05, 0.1) is 12.0 Å². The molecule has 204 valence electrons. The molecule has 0 N–H and O–H groups in total. The third-order valence-corrected chi connectivity index (χ3v) is 9.34. The summed E-state index contributed by atoms with van der Waals surface area (Å²) in [7, 11) is 0. The molecule has 1 aromatic carbocycles. The Balaban J connectivity index is 1.11. The zero-order chi connectivity index (χ0) is 26.2. The van der Waals surface area contributed by atoms with E-state index in [2.05, 4.69) is 6.92 Å². The summed E-state index contributed by atoms with van der Waals surface area (Å²) >= 11 is 0. The SMILES string of the molecule is CCCC[C@H]1CC[C@H]([C@H]2CC[C@H](CO[C@H]3CC[C@H](C(=O)Oc4cc(F)c(C#N)c(F)c4)CC3)CC2)CC1. The molecule has 3 aliphatic rings. The molecule has 0 aliphatic heterocycles. The normalized spacial score (nSPS) is 30.4. The zero-order valence-corrected chi connectivity index (χ0v) is 22.4. The molecule has 0 radical (unpaired) electrons. The Labute approximate surface area is 221 Å². The van der Waals surface area contributed by atoms with Gasteiger partial charge in [0.15, 0.2) is 0 Å². The van der Waals surface area contributed by atoms with Crippen LogP contribution in [0.5, 0.6) is 5.75 Å². The van der Waals surface area contributed by atoms with Gasteiger partial charge in [-0.1, -0.05) is 39.0 Å². The summed E-state index contributed by atoms with van der Waals surface area (Å²) in [5.74, 6) is 0.500. The van der Waals surface area contributed by atoms with E-state index in [9.17, 15) is 13.6 Å². The van der Waals surface area contributed by atoms with Crippen molar-refractivity contribution in [2.24, 2.45) is 29.6 Å². The molecule has 6 heteroatoms. The predicted octanol–water partition coefficient (Wildman–Crippen LogP) is 8.12. The first-order valence-corrected chi connectivity index (χ1v) is 14.7. The van der Waals surface area contributed by atoms with Crippen molar-refractivity contribution in [3.05, 3.63) is 29.3 Å². The van der Waals surface area contributed by atoms with Crippen LogP contribution in [0.2, 0.25) is 0 Å². The first-order chi connectivity index (χ1) is 18.0. The van der Waals surface area contributed by atoms with Crippen LogP contribution in [0.3, 0.4) is 0 Å². The van der Waals surface area contributed by atoms with E-state index in [4.69, 9.17) is 14.7 Å². The summed E-state index contributed by atoms with van der Waals surface area (Å²) in [4.78, 5) is 12.5. The fourth-order valence-electron chi connectivity index (χ4n) is 6.92. The van der Waals surface area contributed by atoms with Gasteiger partial charge in [0.2, 0.25) is 0 Å². The maximum absolute atomic E-state index is 13.8. The van der Waals surface area contributed by atoms with Gasteiger partial charge >= 0.3 is 5.97 Å². The van der Waals surface area contributed by atoms with Crippen LogP contribution >= 0.6 is 0 Å². The Hall–Kier alpha value is -2.00. The lowest BCUT2D eigenvalue weighted by Crippen LogP contribution is -2.31. The maximum Gasteiger partial charge on any atom is 0.314 e. The van der Waals surface area contributed by atoms with E-state index in [1.165, 1.54) is 76.7 Å². The van der Waals surface area contributed by atoms with Gasteiger partial charge in [0.25, 0.3) is 0 Å². The Morgan fingerprint density at radius 2 is 1.46 bits per heavy atom. The number of rotatable bonds is 9. The zero-order valence-electron chi connectivity index (χ0n) is 22.4. The van der Waals surface area contributed by atoms with Gasteiger partial charge in [-0.15, -0.1) is 0 Å². The number of hydrogen-bond donors (Lipinski definition) is 0. The van der Waals surface area contributed by atoms with Gasteiger partial charge in [-0.2, -0.15) is 5.26 Å². The predicted molar refractivity (Wildman–Crippen MR) is 139 cm³/mol. The molecule has 4 rings (SSSR count). The Morgan fingerprint density at radius 1 is 0.892 bits per heavy atom. The smallest absolute Gasteiger partial charge is 0.314 e. The number of benzene rings is 1. The molecule has 3 fully saturated rings. The highest BCUT2D eigenvalue weighted by Crippen LogP contribution is 2.42. The van der Waals surface area contributed by atoms with Crippen LogP contribution in [0, 0.1) is 52.6 Å². The van der Waals surface area contributed by atoms with Crippen molar-refractivity contribution in [3.63, 3.8) is 0 Å². The van der Waals surface area contributed by atoms with Crippen LogP contribution in [0.4, 0.5) is 8.78 Å². The van der Waals surface area contributed by atoms with Crippen LogP contribution < -0.4 is 4.74 Å². The number of nitrogens with zero attached hydrogens (tertiary/aromatic N) is 1. The van der Waals surface area contributed by atoms with E-state index < -0.39 is 23.2 Å². The molecular formula is C31H43F2NO3. The first-order valence-electron chi connectivity index (χ1n) is 14.7. The van der Waals surface area contributed by atoms with E-state index >= 15 is 0 Å². The molecular weight excluding hydrogens is 472 g/mol. The highest BCUT2D eigenvalue weighted by atomic mass is 19.1. The van der Waals surface area contributed by atoms with Crippen molar-refractivity contribution in [1.29, 1.82) is 5.26 Å². The summed E-state index contributed by atoms with van der Waals surface area (Å²) in [6.45, 7) is 3.12. The number of hydrogen-bond acceptors (Lipinski definition) is 4. The standard InChI is InChI=1S/C31H43F2NO3/c1-2-3-4-21-5-9-23(10-6-21)24-11-7-22(8-12-24)20-36-26-15-13-25(14-16-26)31(35)37-27-17-29(32)28(19-34)30(33)18-27/h17-18,21-26H,2-16,20H2,1H3/t21-,22-,23-,24-,25-,26-. The third kappa shape index (κ3) is 7.76. The quantitative estimate of drug-likeness (QED) is 0.246. The van der Waals surface area contributed by atoms with Crippen LogP contribution in [0.25, 0.3) is 0 Å². The monoisotopic (exact) mass is 515 g/mol.